The summed E-state index contributed by atoms with van der Waals surface area (Å²) >= 11 is 5.61. The van der Waals surface area contributed by atoms with Crippen molar-refractivity contribution in [1.82, 2.24) is 9.13 Å². The molecule has 6 nitrogen and oxygen atoms in total. The molecule has 2 aliphatic rings. The van der Waals surface area contributed by atoms with Crippen molar-refractivity contribution in [3.05, 3.63) is 20.0 Å². The molecule has 0 radical (unpaired) electrons. The molecule has 0 amide bonds. The molecule has 1 aromatic rings. The summed E-state index contributed by atoms with van der Waals surface area (Å²) in [5.41, 5.74) is 5.50. The molecular formula is C18H28N4O2S. The van der Waals surface area contributed by atoms with Crippen molar-refractivity contribution in [2.45, 2.75) is 77.3 Å². The van der Waals surface area contributed by atoms with Gasteiger partial charge in [-0.05, 0) is 54.9 Å². The number of hydrogen-bond donors (Lipinski definition) is 1. The van der Waals surface area contributed by atoms with E-state index in [4.69, 9.17) is 18.0 Å². The molecule has 0 aliphatic heterocycles. The molecule has 7 heteroatoms. The first-order valence-electron chi connectivity index (χ1n) is 9.58. The third-order valence-electron chi connectivity index (χ3n) is 5.87. The van der Waals surface area contributed by atoms with Crippen molar-refractivity contribution in [3.8, 4) is 0 Å². The Labute approximate surface area is 153 Å². The second kappa shape index (κ2) is 8.25. The Morgan fingerprint density at radius 2 is 1.40 bits per heavy atom. The van der Waals surface area contributed by atoms with Crippen LogP contribution in [0.1, 0.15) is 64.2 Å². The van der Waals surface area contributed by atoms with Gasteiger partial charge in [0.2, 0.25) is 5.69 Å². The zero-order valence-electron chi connectivity index (χ0n) is 14.8. The zero-order chi connectivity index (χ0) is 17.8. The summed E-state index contributed by atoms with van der Waals surface area (Å²) in [5, 5.41) is 2.94. The fourth-order valence-corrected chi connectivity index (χ4v) is 4.71. The van der Waals surface area contributed by atoms with E-state index in [1.54, 1.807) is 9.13 Å². The van der Waals surface area contributed by atoms with Gasteiger partial charge in [-0.3, -0.25) is 9.36 Å². The highest BCUT2D eigenvalue weighted by atomic mass is 32.1. The Morgan fingerprint density at radius 3 is 1.88 bits per heavy atom. The first-order chi connectivity index (χ1) is 12.1. The summed E-state index contributed by atoms with van der Waals surface area (Å²) in [4.78, 5) is 23.9. The van der Waals surface area contributed by atoms with Gasteiger partial charge in [-0.1, -0.05) is 38.5 Å². The maximum Gasteiger partial charge on any atom is 0.286 e. The largest absolute Gasteiger partial charge is 0.383 e. The summed E-state index contributed by atoms with van der Waals surface area (Å²) in [7, 11) is 0. The molecule has 0 spiro atoms. The van der Waals surface area contributed by atoms with Crippen LogP contribution in [-0.2, 0) is 13.1 Å². The van der Waals surface area contributed by atoms with E-state index in [0.717, 1.165) is 25.7 Å². The molecule has 0 bridgehead atoms. The normalized spacial score (nSPS) is 19.8. The van der Waals surface area contributed by atoms with E-state index < -0.39 is 5.56 Å². The van der Waals surface area contributed by atoms with Crippen molar-refractivity contribution >= 4 is 23.7 Å². The van der Waals surface area contributed by atoms with E-state index in [1.165, 1.54) is 38.5 Å². The van der Waals surface area contributed by atoms with Crippen LogP contribution in [0.2, 0.25) is 0 Å². The molecule has 1 heterocycles. The molecule has 0 aromatic carbocycles. The first-order valence-corrected chi connectivity index (χ1v) is 9.99. The highest BCUT2D eigenvalue weighted by molar-refractivity contribution is 7.71. The van der Waals surface area contributed by atoms with Crippen LogP contribution in [0, 0.1) is 21.5 Å². The van der Waals surface area contributed by atoms with Crippen LogP contribution in [0.5, 0.6) is 0 Å². The number of hydrogen-bond acceptors (Lipinski definition) is 5. The minimum atomic E-state index is -0.428. The minimum absolute atomic E-state index is 0.135. The number of nitrogens with two attached hydrogens (primary N) is 1. The van der Waals surface area contributed by atoms with E-state index >= 15 is 0 Å². The highest BCUT2D eigenvalue weighted by Gasteiger charge is 2.22. The lowest BCUT2D eigenvalue weighted by atomic mass is 9.89. The molecule has 2 saturated carbocycles. The van der Waals surface area contributed by atoms with E-state index in [1.807, 2.05) is 0 Å². The van der Waals surface area contributed by atoms with Gasteiger partial charge in [0.25, 0.3) is 5.56 Å². The summed E-state index contributed by atoms with van der Waals surface area (Å²) < 4.78 is 3.80. The second-order valence-electron chi connectivity index (χ2n) is 7.64. The van der Waals surface area contributed by atoms with Gasteiger partial charge in [-0.15, -0.1) is 4.91 Å². The van der Waals surface area contributed by atoms with Crippen LogP contribution < -0.4 is 11.3 Å². The van der Waals surface area contributed by atoms with Crippen molar-refractivity contribution in [2.24, 2.45) is 17.0 Å². The maximum absolute atomic E-state index is 12.7. The predicted octanol–water partition coefficient (Wildman–Crippen LogP) is 4.52. The van der Waals surface area contributed by atoms with Crippen LogP contribution in [-0.4, -0.2) is 9.13 Å². The Kier molecular flexibility index (Phi) is 6.04. The zero-order valence-corrected chi connectivity index (χ0v) is 15.6. The monoisotopic (exact) mass is 364 g/mol. The van der Waals surface area contributed by atoms with Gasteiger partial charge in [0.15, 0.2) is 4.77 Å². The van der Waals surface area contributed by atoms with E-state index in [0.29, 0.717) is 29.7 Å². The molecule has 138 valence electrons. The van der Waals surface area contributed by atoms with Crippen LogP contribution in [0.4, 0.5) is 11.5 Å². The van der Waals surface area contributed by atoms with Crippen molar-refractivity contribution < 1.29 is 0 Å². The van der Waals surface area contributed by atoms with Crippen LogP contribution in [0.15, 0.2) is 9.97 Å². The third-order valence-corrected chi connectivity index (χ3v) is 6.31. The van der Waals surface area contributed by atoms with E-state index in [9.17, 15) is 9.70 Å². The standard InChI is InChI=1S/C18H28N4O2S/c19-16-15(20-24)17(23)22(12-14-9-5-2-6-10-14)18(25)21(16)11-13-7-3-1-4-8-13/h13-14H,1-12,19H2. The molecule has 0 saturated heterocycles. The number of rotatable bonds is 5. The molecule has 2 aliphatic carbocycles. The second-order valence-corrected chi connectivity index (χ2v) is 8.01. The average molecular weight is 365 g/mol. The summed E-state index contributed by atoms with van der Waals surface area (Å²) in [6, 6.07) is 0. The highest BCUT2D eigenvalue weighted by Crippen LogP contribution is 2.29. The SMILES string of the molecule is Nc1c(N=O)c(=O)n(CC2CCCCC2)c(=S)n1CC1CCCCC1. The first kappa shape index (κ1) is 18.3. The van der Waals surface area contributed by atoms with Gasteiger partial charge in [0, 0.05) is 13.1 Å². The number of nitrogen functional groups attached to an aromatic ring is 1. The summed E-state index contributed by atoms with van der Waals surface area (Å²) in [5.74, 6) is 1.08. The maximum atomic E-state index is 12.7. The van der Waals surface area contributed by atoms with Crippen LogP contribution in [0.25, 0.3) is 0 Å². The van der Waals surface area contributed by atoms with Gasteiger partial charge >= 0.3 is 0 Å². The topological polar surface area (TPSA) is 82.4 Å². The fraction of sp³-hybridized carbons (Fsp3) is 0.778. The van der Waals surface area contributed by atoms with Crippen LogP contribution >= 0.6 is 12.2 Å². The van der Waals surface area contributed by atoms with Gasteiger partial charge in [0.05, 0.1) is 0 Å². The lowest BCUT2D eigenvalue weighted by Crippen LogP contribution is -2.31. The van der Waals surface area contributed by atoms with Gasteiger partial charge < -0.3 is 10.3 Å². The average Bonchev–Trinajstić information content (AvgIpc) is 2.64. The lowest BCUT2D eigenvalue weighted by molar-refractivity contribution is 0.298. The Bertz CT molecular complexity index is 728. The molecule has 25 heavy (non-hydrogen) atoms. The Balaban J connectivity index is 1.95. The van der Waals surface area contributed by atoms with Crippen LogP contribution in [0.3, 0.4) is 0 Å². The van der Waals surface area contributed by atoms with Crippen molar-refractivity contribution in [3.63, 3.8) is 0 Å². The Morgan fingerprint density at radius 1 is 0.920 bits per heavy atom. The van der Waals surface area contributed by atoms with Gasteiger partial charge in [0.1, 0.15) is 5.82 Å². The van der Waals surface area contributed by atoms with Gasteiger partial charge in [-0.2, -0.15) is 0 Å². The Hall–Kier alpha value is -1.50. The molecule has 3 rings (SSSR count). The molecule has 1 aromatic heterocycles. The van der Waals surface area contributed by atoms with E-state index in [-0.39, 0.29) is 11.5 Å². The van der Waals surface area contributed by atoms with E-state index in [2.05, 4.69) is 5.18 Å². The smallest absolute Gasteiger partial charge is 0.286 e. The molecule has 0 atom stereocenters. The summed E-state index contributed by atoms with van der Waals surface area (Å²) in [6.07, 6.45) is 11.9. The predicted molar refractivity (Wildman–Crippen MR) is 103 cm³/mol. The summed E-state index contributed by atoms with van der Waals surface area (Å²) in [6.45, 7) is 1.25. The number of nitroso groups, excluding NO2 is 1. The lowest BCUT2D eigenvalue weighted by Gasteiger charge is -2.26. The minimum Gasteiger partial charge on any atom is -0.383 e. The third kappa shape index (κ3) is 4.02. The van der Waals surface area contributed by atoms with Gasteiger partial charge in [-0.25, -0.2) is 0 Å². The van der Waals surface area contributed by atoms with Crippen molar-refractivity contribution in [2.75, 3.05) is 5.73 Å². The van der Waals surface area contributed by atoms with Crippen molar-refractivity contribution in [1.29, 1.82) is 0 Å². The fourth-order valence-electron chi connectivity index (χ4n) is 4.38. The molecule has 0 unspecified atom stereocenters. The number of anilines is 1. The number of aromatic nitrogens is 2. The molecular weight excluding hydrogens is 336 g/mol. The molecule has 2 fully saturated rings. The molecule has 2 N–H and O–H groups in total. The number of nitrogens with zero attached hydrogens (tertiary/aromatic N) is 3. The quantitative estimate of drug-likeness (QED) is 0.615.